The Kier molecular flexibility index (Phi) is 3.19. The molecule has 1 fully saturated rings. The molecule has 1 amide bonds. The molecule has 2 aliphatic rings. The molecule has 2 N–H and O–H groups in total. The maximum absolute atomic E-state index is 11.3. The first-order valence-corrected chi connectivity index (χ1v) is 6.92. The van der Waals surface area contributed by atoms with E-state index in [0.717, 1.165) is 24.3 Å². The van der Waals surface area contributed by atoms with E-state index in [2.05, 4.69) is 11.4 Å². The highest BCUT2D eigenvalue weighted by Crippen LogP contribution is 2.50. The normalized spacial score (nSPS) is 27.6. The van der Waals surface area contributed by atoms with Gasteiger partial charge in [-0.2, -0.15) is 0 Å². The van der Waals surface area contributed by atoms with Gasteiger partial charge in [-0.1, -0.05) is 19.1 Å². The van der Waals surface area contributed by atoms with Gasteiger partial charge in [0.15, 0.2) is 0 Å². The summed E-state index contributed by atoms with van der Waals surface area (Å²) in [5.41, 5.74) is 2.43. The summed E-state index contributed by atoms with van der Waals surface area (Å²) >= 11 is 0. The van der Waals surface area contributed by atoms with Crippen LogP contribution in [0.1, 0.15) is 36.8 Å². The number of hydrogen-bond donors (Lipinski definition) is 2. The average molecular weight is 261 g/mol. The molecule has 0 aromatic heterocycles. The Morgan fingerprint density at radius 3 is 3.16 bits per heavy atom. The molecule has 4 nitrogen and oxygen atoms in total. The molecule has 1 saturated carbocycles. The van der Waals surface area contributed by atoms with Crippen LogP contribution in [0.15, 0.2) is 18.2 Å². The van der Waals surface area contributed by atoms with Crippen LogP contribution in [0.5, 0.6) is 5.75 Å². The Hall–Kier alpha value is -1.55. The maximum atomic E-state index is 11.3. The first-order valence-electron chi connectivity index (χ1n) is 6.92. The van der Waals surface area contributed by atoms with Gasteiger partial charge in [-0.25, -0.2) is 0 Å². The van der Waals surface area contributed by atoms with Crippen molar-refractivity contribution in [2.45, 2.75) is 38.4 Å². The number of ether oxygens (including phenoxy) is 1. The Morgan fingerprint density at radius 1 is 1.53 bits per heavy atom. The second-order valence-electron chi connectivity index (χ2n) is 5.36. The smallest absolute Gasteiger partial charge is 0.219 e. The molecule has 3 rings (SSSR count). The molecule has 1 aromatic carbocycles. The van der Waals surface area contributed by atoms with E-state index < -0.39 is 6.29 Å². The zero-order valence-electron chi connectivity index (χ0n) is 11.1. The van der Waals surface area contributed by atoms with Crippen molar-refractivity contribution < 1.29 is 14.6 Å². The number of rotatable bonds is 4. The zero-order chi connectivity index (χ0) is 13.4. The number of aliphatic hydroxyl groups is 1. The number of hydrogen-bond acceptors (Lipinski definition) is 3. The van der Waals surface area contributed by atoms with Crippen molar-refractivity contribution in [3.63, 3.8) is 0 Å². The molecule has 1 aromatic rings. The largest absolute Gasteiger partial charge is 0.464 e. The van der Waals surface area contributed by atoms with Gasteiger partial charge in [0, 0.05) is 24.9 Å². The number of fused-ring (bicyclic) bond motifs is 1. The van der Waals surface area contributed by atoms with E-state index >= 15 is 0 Å². The molecule has 1 heterocycles. The van der Waals surface area contributed by atoms with Crippen LogP contribution in [0.2, 0.25) is 0 Å². The van der Waals surface area contributed by atoms with Crippen LogP contribution < -0.4 is 10.1 Å². The Morgan fingerprint density at radius 2 is 2.37 bits per heavy atom. The third-order valence-corrected chi connectivity index (χ3v) is 4.02. The molecular weight excluding hydrogens is 242 g/mol. The van der Waals surface area contributed by atoms with Crippen LogP contribution in [0.3, 0.4) is 0 Å². The van der Waals surface area contributed by atoms with Crippen LogP contribution in [0.25, 0.3) is 0 Å². The molecule has 4 heteroatoms. The highest BCUT2D eigenvalue weighted by atomic mass is 16.6. The third kappa shape index (κ3) is 2.45. The quantitative estimate of drug-likeness (QED) is 0.865. The van der Waals surface area contributed by atoms with Gasteiger partial charge in [0.2, 0.25) is 12.2 Å². The number of nitrogens with one attached hydrogen (secondary N) is 1. The van der Waals surface area contributed by atoms with Crippen LogP contribution in [-0.2, 0) is 11.2 Å². The average Bonchev–Trinajstić information content (AvgIpc) is 3.07. The monoisotopic (exact) mass is 261 g/mol. The zero-order valence-corrected chi connectivity index (χ0v) is 11.1. The topological polar surface area (TPSA) is 58.6 Å². The molecule has 0 radical (unpaired) electrons. The molecule has 0 spiro atoms. The molecule has 19 heavy (non-hydrogen) atoms. The highest BCUT2D eigenvalue weighted by Gasteiger charge is 2.41. The van der Waals surface area contributed by atoms with Gasteiger partial charge in [0.25, 0.3) is 0 Å². The van der Waals surface area contributed by atoms with Gasteiger partial charge >= 0.3 is 0 Å². The van der Waals surface area contributed by atoms with Crippen molar-refractivity contribution in [3.05, 3.63) is 29.3 Å². The van der Waals surface area contributed by atoms with E-state index in [0.29, 0.717) is 24.7 Å². The predicted octanol–water partition coefficient (Wildman–Crippen LogP) is 1.57. The van der Waals surface area contributed by atoms with Crippen molar-refractivity contribution >= 4 is 5.91 Å². The van der Waals surface area contributed by atoms with E-state index in [1.807, 2.05) is 19.1 Å². The molecule has 0 bridgehead atoms. The minimum Gasteiger partial charge on any atom is -0.464 e. The van der Waals surface area contributed by atoms with Gasteiger partial charge in [0.05, 0.1) is 0 Å². The minimum absolute atomic E-state index is 0.114. The summed E-state index contributed by atoms with van der Waals surface area (Å²) < 4.78 is 5.36. The fourth-order valence-corrected chi connectivity index (χ4v) is 2.85. The summed E-state index contributed by atoms with van der Waals surface area (Å²) in [5, 5.41) is 12.5. The second kappa shape index (κ2) is 4.85. The van der Waals surface area contributed by atoms with Crippen LogP contribution in [-0.4, -0.2) is 23.8 Å². The van der Waals surface area contributed by atoms with Gasteiger partial charge in [0.1, 0.15) is 5.75 Å². The fourth-order valence-electron chi connectivity index (χ4n) is 2.85. The van der Waals surface area contributed by atoms with Crippen LogP contribution in [0, 0.1) is 5.92 Å². The lowest BCUT2D eigenvalue weighted by molar-refractivity contribution is -0.120. The number of carbonyl (C=O) groups excluding carboxylic acids is 1. The lowest BCUT2D eigenvalue weighted by atomic mass is 10.00. The summed E-state index contributed by atoms with van der Waals surface area (Å²) in [6.45, 7) is 2.62. The molecule has 1 aliphatic carbocycles. The van der Waals surface area contributed by atoms with E-state index in [1.54, 1.807) is 0 Å². The van der Waals surface area contributed by atoms with Crippen LogP contribution >= 0.6 is 0 Å². The Balaban J connectivity index is 1.66. The van der Waals surface area contributed by atoms with E-state index in [4.69, 9.17) is 4.74 Å². The predicted molar refractivity (Wildman–Crippen MR) is 70.9 cm³/mol. The second-order valence-corrected chi connectivity index (χ2v) is 5.36. The van der Waals surface area contributed by atoms with Gasteiger partial charge < -0.3 is 15.2 Å². The first-order chi connectivity index (χ1) is 9.19. The number of benzene rings is 1. The number of carbonyl (C=O) groups is 1. The van der Waals surface area contributed by atoms with Gasteiger partial charge in [-0.3, -0.25) is 4.79 Å². The maximum Gasteiger partial charge on any atom is 0.219 e. The molecule has 0 saturated heterocycles. The van der Waals surface area contributed by atoms with E-state index in [9.17, 15) is 9.90 Å². The van der Waals surface area contributed by atoms with E-state index in [-0.39, 0.29) is 5.91 Å². The van der Waals surface area contributed by atoms with Gasteiger partial charge in [-0.15, -0.1) is 0 Å². The molecular formula is C15H19NO3. The lowest BCUT2D eigenvalue weighted by Gasteiger charge is -2.07. The van der Waals surface area contributed by atoms with Crippen molar-refractivity contribution in [2.24, 2.45) is 5.92 Å². The highest BCUT2D eigenvalue weighted by molar-refractivity contribution is 5.75. The van der Waals surface area contributed by atoms with Gasteiger partial charge in [-0.05, 0) is 29.9 Å². The summed E-state index contributed by atoms with van der Waals surface area (Å²) in [6.07, 6.45) is 1.53. The Labute approximate surface area is 112 Å². The lowest BCUT2D eigenvalue weighted by Crippen LogP contribution is -2.24. The fraction of sp³-hybridized carbons (Fsp3) is 0.533. The van der Waals surface area contributed by atoms with Crippen molar-refractivity contribution in [3.8, 4) is 5.75 Å². The van der Waals surface area contributed by atoms with Crippen molar-refractivity contribution in [1.29, 1.82) is 0 Å². The molecule has 102 valence electrons. The standard InChI is InChI=1S/C15H19NO3/c1-2-14(17)16-8-9-6-11(9)10-4-3-5-13-12(10)7-15(18)19-13/h3-5,9,11,15,18H,2,6-8H2,1H3,(H,16,17)/t9-,11-,15-/m0/s1. The summed E-state index contributed by atoms with van der Waals surface area (Å²) in [4.78, 5) is 11.3. The van der Waals surface area contributed by atoms with E-state index in [1.165, 1.54) is 5.56 Å². The van der Waals surface area contributed by atoms with Crippen molar-refractivity contribution in [2.75, 3.05) is 6.54 Å². The summed E-state index contributed by atoms with van der Waals surface area (Å²) in [7, 11) is 0. The minimum atomic E-state index is -0.701. The molecule has 0 unspecified atom stereocenters. The SMILES string of the molecule is CCC(=O)NC[C@@H]1C[C@@H]1c1cccc2c1C[C@@H](O)O2. The summed E-state index contributed by atoms with van der Waals surface area (Å²) in [6, 6.07) is 6.00. The summed E-state index contributed by atoms with van der Waals surface area (Å²) in [5.74, 6) is 1.96. The first kappa shape index (κ1) is 12.5. The number of amides is 1. The number of aliphatic hydroxyl groups excluding tert-OH is 1. The Bertz CT molecular complexity index is 500. The van der Waals surface area contributed by atoms with Crippen molar-refractivity contribution in [1.82, 2.24) is 5.32 Å². The molecule has 3 atom stereocenters. The van der Waals surface area contributed by atoms with Crippen LogP contribution in [0.4, 0.5) is 0 Å². The molecule has 1 aliphatic heterocycles. The third-order valence-electron chi connectivity index (χ3n) is 4.02.